The molecule has 0 spiro atoms. The van der Waals surface area contributed by atoms with Crippen LogP contribution in [0.2, 0.25) is 0 Å². The molecule has 0 aliphatic carbocycles. The van der Waals surface area contributed by atoms with Gasteiger partial charge in [-0.05, 0) is 36.8 Å². The maximum absolute atomic E-state index is 13.9. The number of rotatable bonds is 10. The quantitative estimate of drug-likeness (QED) is 0.139. The summed E-state index contributed by atoms with van der Waals surface area (Å²) in [6.07, 6.45) is 10.3. The highest BCUT2D eigenvalue weighted by atomic mass is 32.1. The average molecular weight is 748 g/mol. The molecule has 270 valence electrons. The zero-order valence-electron chi connectivity index (χ0n) is 28.9. The first-order chi connectivity index (χ1) is 25.9. The van der Waals surface area contributed by atoms with Gasteiger partial charge in [-0.3, -0.25) is 9.59 Å². The maximum Gasteiger partial charge on any atom is 0.407 e. The van der Waals surface area contributed by atoms with Crippen LogP contribution in [0.25, 0.3) is 31.2 Å². The second-order valence-corrected chi connectivity index (χ2v) is 15.1. The molecule has 2 aliphatic heterocycles. The second-order valence-electron chi connectivity index (χ2n) is 13.0. The first kappa shape index (κ1) is 34.4. The highest BCUT2D eigenvalue weighted by Crippen LogP contribution is 2.39. The van der Waals surface area contributed by atoms with Crippen molar-refractivity contribution in [1.29, 1.82) is 0 Å². The average Bonchev–Trinajstić information content (AvgIpc) is 4.04. The third-order valence-electron chi connectivity index (χ3n) is 9.67. The number of ether oxygens (including phenoxy) is 1. The van der Waals surface area contributed by atoms with Gasteiger partial charge in [0.1, 0.15) is 27.7 Å². The SMILES string of the molecule is COC(=O)N[C@@H](C(=O)N1CCC[C@H]1c1ncc(-c2ncc(-c3cnc(-c4cnc([C@@H]5CCCN5C(=O)Cc5ccccc5)[nH]4)s3)s2)[nH]1)c1ccccc1. The Bertz CT molecular complexity index is 2210. The number of benzene rings is 2. The van der Waals surface area contributed by atoms with Crippen LogP contribution in [-0.4, -0.2) is 77.8 Å². The van der Waals surface area contributed by atoms with Gasteiger partial charge in [-0.25, -0.2) is 24.7 Å². The van der Waals surface area contributed by atoms with E-state index in [2.05, 4.69) is 35.2 Å². The van der Waals surface area contributed by atoms with Gasteiger partial charge in [-0.1, -0.05) is 60.7 Å². The van der Waals surface area contributed by atoms with Crippen LogP contribution < -0.4 is 5.32 Å². The normalized spacial score (nSPS) is 17.6. The number of imidazole rings is 2. The van der Waals surface area contributed by atoms with Crippen LogP contribution in [0.5, 0.6) is 0 Å². The van der Waals surface area contributed by atoms with Crippen LogP contribution in [0.3, 0.4) is 0 Å². The number of nitrogens with one attached hydrogen (secondary N) is 3. The molecule has 0 bridgehead atoms. The van der Waals surface area contributed by atoms with Gasteiger partial charge in [0.25, 0.3) is 5.91 Å². The highest BCUT2D eigenvalue weighted by Gasteiger charge is 2.37. The van der Waals surface area contributed by atoms with Crippen molar-refractivity contribution in [3.63, 3.8) is 0 Å². The lowest BCUT2D eigenvalue weighted by Crippen LogP contribution is -2.42. The number of methoxy groups -OCH3 is 1. The summed E-state index contributed by atoms with van der Waals surface area (Å²) in [5.41, 5.74) is 3.26. The van der Waals surface area contributed by atoms with Crippen LogP contribution >= 0.6 is 22.7 Å². The third-order valence-corrected chi connectivity index (χ3v) is 11.9. The number of H-pyrrole nitrogens is 2. The Balaban J connectivity index is 0.945. The smallest absolute Gasteiger partial charge is 0.407 e. The number of carbonyl (C=O) groups excluding carboxylic acids is 3. The molecule has 15 heteroatoms. The molecule has 2 saturated heterocycles. The maximum atomic E-state index is 13.9. The molecule has 2 aromatic carbocycles. The molecule has 3 atom stereocenters. The van der Waals surface area contributed by atoms with Gasteiger partial charge >= 0.3 is 6.09 Å². The Morgan fingerprint density at radius 3 is 1.91 bits per heavy atom. The summed E-state index contributed by atoms with van der Waals surface area (Å²) in [4.78, 5) is 70.5. The van der Waals surface area contributed by atoms with Gasteiger partial charge < -0.3 is 29.8 Å². The van der Waals surface area contributed by atoms with Gasteiger partial charge in [0, 0.05) is 25.5 Å². The minimum Gasteiger partial charge on any atom is -0.453 e. The summed E-state index contributed by atoms with van der Waals surface area (Å²) in [7, 11) is 1.28. The van der Waals surface area contributed by atoms with Crippen molar-refractivity contribution >= 4 is 40.6 Å². The third kappa shape index (κ3) is 7.22. The lowest BCUT2D eigenvalue weighted by molar-refractivity contribution is -0.134. The number of hydrogen-bond acceptors (Lipinski definition) is 10. The number of thiazole rings is 2. The number of aromatic nitrogens is 6. The monoisotopic (exact) mass is 747 g/mol. The summed E-state index contributed by atoms with van der Waals surface area (Å²) in [5.74, 6) is 1.34. The first-order valence-corrected chi connectivity index (χ1v) is 19.1. The molecule has 0 saturated carbocycles. The second kappa shape index (κ2) is 15.1. The largest absolute Gasteiger partial charge is 0.453 e. The fourth-order valence-corrected chi connectivity index (χ4v) is 8.89. The zero-order chi connectivity index (χ0) is 36.3. The van der Waals surface area contributed by atoms with Gasteiger partial charge in [0.05, 0.1) is 59.2 Å². The van der Waals surface area contributed by atoms with Crippen molar-refractivity contribution in [3.8, 4) is 31.2 Å². The Morgan fingerprint density at radius 1 is 0.774 bits per heavy atom. The summed E-state index contributed by atoms with van der Waals surface area (Å²) in [5, 5.41) is 4.28. The van der Waals surface area contributed by atoms with Gasteiger partial charge in [0.2, 0.25) is 5.91 Å². The van der Waals surface area contributed by atoms with Crippen molar-refractivity contribution < 1.29 is 19.1 Å². The fraction of sp³-hybridized carbons (Fsp3) is 0.289. The molecule has 6 aromatic rings. The number of amides is 3. The summed E-state index contributed by atoms with van der Waals surface area (Å²) in [6, 6.07) is 17.7. The molecule has 0 unspecified atom stereocenters. The molecule has 3 amide bonds. The van der Waals surface area contributed by atoms with E-state index in [1.807, 2.05) is 78.0 Å². The van der Waals surface area contributed by atoms with E-state index in [-0.39, 0.29) is 23.9 Å². The van der Waals surface area contributed by atoms with Crippen molar-refractivity contribution in [2.75, 3.05) is 20.2 Å². The van der Waals surface area contributed by atoms with Gasteiger partial charge in [-0.15, -0.1) is 22.7 Å². The predicted octanol–water partition coefficient (Wildman–Crippen LogP) is 6.71. The molecule has 8 rings (SSSR count). The van der Waals surface area contributed by atoms with Crippen LogP contribution in [0.4, 0.5) is 4.79 Å². The molecule has 2 fully saturated rings. The number of carbonyl (C=O) groups is 3. The first-order valence-electron chi connectivity index (χ1n) is 17.5. The number of aromatic amines is 2. The number of hydrogen-bond donors (Lipinski definition) is 3. The van der Waals surface area contributed by atoms with Crippen molar-refractivity contribution in [3.05, 3.63) is 108 Å². The van der Waals surface area contributed by atoms with Crippen molar-refractivity contribution in [2.24, 2.45) is 0 Å². The van der Waals surface area contributed by atoms with E-state index in [4.69, 9.17) is 4.74 Å². The Morgan fingerprint density at radius 2 is 1.32 bits per heavy atom. The van der Waals surface area contributed by atoms with Gasteiger partial charge in [0.15, 0.2) is 0 Å². The minimum atomic E-state index is -0.885. The molecule has 13 nitrogen and oxygen atoms in total. The van der Waals surface area contributed by atoms with E-state index in [1.165, 1.54) is 18.4 Å². The zero-order valence-corrected chi connectivity index (χ0v) is 30.5. The highest BCUT2D eigenvalue weighted by molar-refractivity contribution is 7.24. The van der Waals surface area contributed by atoms with Crippen LogP contribution in [0.1, 0.15) is 66.6 Å². The molecule has 0 radical (unpaired) electrons. The molecular weight excluding hydrogens is 711 g/mol. The fourth-order valence-electron chi connectivity index (χ4n) is 7.07. The van der Waals surface area contributed by atoms with E-state index in [0.29, 0.717) is 24.4 Å². The lowest BCUT2D eigenvalue weighted by Gasteiger charge is -2.28. The number of nitrogens with zero attached hydrogens (tertiary/aromatic N) is 6. The van der Waals surface area contributed by atoms with Gasteiger partial charge in [-0.2, -0.15) is 0 Å². The molecule has 3 N–H and O–H groups in total. The van der Waals surface area contributed by atoms with Crippen LogP contribution in [0, 0.1) is 0 Å². The molecule has 6 heterocycles. The molecule has 4 aromatic heterocycles. The Kier molecular flexibility index (Phi) is 9.82. The Labute approximate surface area is 313 Å². The summed E-state index contributed by atoms with van der Waals surface area (Å²) >= 11 is 3.07. The van der Waals surface area contributed by atoms with E-state index in [9.17, 15) is 14.4 Å². The van der Waals surface area contributed by atoms with E-state index >= 15 is 0 Å². The van der Waals surface area contributed by atoms with Crippen LogP contribution in [0.15, 0.2) is 85.5 Å². The van der Waals surface area contributed by atoms with E-state index in [0.717, 1.165) is 74.8 Å². The predicted molar refractivity (Wildman–Crippen MR) is 201 cm³/mol. The molecule has 2 aliphatic rings. The summed E-state index contributed by atoms with van der Waals surface area (Å²) < 4.78 is 4.82. The van der Waals surface area contributed by atoms with Crippen molar-refractivity contribution in [2.45, 2.75) is 50.2 Å². The standard InChI is InChI=1S/C38H37N9O4S2/c1-51-38(50)45-32(24-12-6-3-7-13-24)37(49)47-17-9-15-28(47)34-40-20-26(44-34)36-42-22-30(53-36)29-21-41-35(52-29)25-19-39-33(43-25)27-14-8-16-46(27)31(48)18-23-10-4-2-5-11-23/h2-7,10-13,19-22,27-28,32H,8-9,14-18H2,1H3,(H,39,43)(H,40,44)(H,45,50)/t27-,28-,32+/m0/s1. The molecule has 53 heavy (non-hydrogen) atoms. The number of likely N-dealkylation sites (tertiary alicyclic amines) is 2. The Hall–Kier alpha value is -5.67. The summed E-state index contributed by atoms with van der Waals surface area (Å²) in [6.45, 7) is 1.27. The van der Waals surface area contributed by atoms with Crippen LogP contribution in [-0.2, 0) is 20.7 Å². The van der Waals surface area contributed by atoms with E-state index < -0.39 is 12.1 Å². The molecular formula is C38H37N9O4S2. The topological polar surface area (TPSA) is 162 Å². The van der Waals surface area contributed by atoms with Crippen molar-refractivity contribution in [1.82, 2.24) is 45.0 Å². The minimum absolute atomic E-state index is 0.0843. The lowest BCUT2D eigenvalue weighted by atomic mass is 10.1. The number of alkyl carbamates (subject to hydrolysis) is 1. The van der Waals surface area contributed by atoms with E-state index in [1.54, 1.807) is 28.6 Å².